The van der Waals surface area contributed by atoms with Gasteiger partial charge in [0.25, 0.3) is 0 Å². The Bertz CT molecular complexity index is 1100. The molecule has 0 radical (unpaired) electrons. The molecule has 0 N–H and O–H groups in total. The number of ether oxygens (including phenoxy) is 2. The lowest BCUT2D eigenvalue weighted by atomic mass is 10.0. The number of nitrogens with zero attached hydrogens (tertiary/aromatic N) is 2. The number of morpholine rings is 1. The number of cyclic esters (lactones) is 1. The molecule has 1 atom stereocenters. The molecule has 2 heterocycles. The second-order valence-corrected chi connectivity index (χ2v) is 9.03. The molecule has 2 aliphatic rings. The summed E-state index contributed by atoms with van der Waals surface area (Å²) in [5.41, 5.74) is 5.73. The van der Waals surface area contributed by atoms with Crippen molar-refractivity contribution in [2.45, 2.75) is 19.2 Å². The molecule has 0 unspecified atom stereocenters. The molecular weight excluding hydrogens is 436 g/mol. The van der Waals surface area contributed by atoms with Gasteiger partial charge in [-0.25, -0.2) is 4.79 Å². The molecule has 33 heavy (non-hydrogen) atoms. The highest BCUT2D eigenvalue weighted by Crippen LogP contribution is 2.29. The lowest BCUT2D eigenvalue weighted by Gasteiger charge is -2.26. The normalized spacial score (nSPS) is 19.0. The van der Waals surface area contributed by atoms with E-state index in [-0.39, 0.29) is 12.2 Å². The third kappa shape index (κ3) is 5.38. The Kier molecular flexibility index (Phi) is 6.63. The van der Waals surface area contributed by atoms with Gasteiger partial charge in [0.15, 0.2) is 0 Å². The summed E-state index contributed by atoms with van der Waals surface area (Å²) in [6.45, 7) is 5.60. The molecule has 3 aromatic carbocycles. The molecule has 1 amide bonds. The number of carbonyl (C=O) groups excluding carboxylic acids is 1. The van der Waals surface area contributed by atoms with E-state index >= 15 is 0 Å². The lowest BCUT2D eigenvalue weighted by molar-refractivity contribution is 0.0342. The molecule has 170 valence electrons. The summed E-state index contributed by atoms with van der Waals surface area (Å²) in [7, 11) is 0. The molecule has 0 saturated carbocycles. The van der Waals surface area contributed by atoms with Crippen molar-refractivity contribution in [1.82, 2.24) is 9.80 Å². The fourth-order valence-corrected chi connectivity index (χ4v) is 4.50. The number of rotatable bonds is 6. The summed E-state index contributed by atoms with van der Waals surface area (Å²) in [4.78, 5) is 16.6. The first-order valence-corrected chi connectivity index (χ1v) is 11.7. The van der Waals surface area contributed by atoms with Crippen LogP contribution in [-0.2, 0) is 22.6 Å². The van der Waals surface area contributed by atoms with Crippen LogP contribution in [0.2, 0.25) is 5.02 Å². The zero-order chi connectivity index (χ0) is 22.6. The molecular formula is C27H27ClN2O3. The quantitative estimate of drug-likeness (QED) is 0.483. The summed E-state index contributed by atoms with van der Waals surface area (Å²) in [5, 5.41) is 0.673. The Labute approximate surface area is 199 Å². The summed E-state index contributed by atoms with van der Waals surface area (Å²) < 4.78 is 11.0. The van der Waals surface area contributed by atoms with Crippen LogP contribution in [0.3, 0.4) is 0 Å². The summed E-state index contributed by atoms with van der Waals surface area (Å²) >= 11 is 5.97. The summed E-state index contributed by atoms with van der Waals surface area (Å²) in [5.74, 6) is 0. The number of hydrogen-bond donors (Lipinski definition) is 0. The predicted octanol–water partition coefficient (Wildman–Crippen LogP) is 5.53. The van der Waals surface area contributed by atoms with Gasteiger partial charge in [0.2, 0.25) is 0 Å². The maximum atomic E-state index is 12.4. The molecule has 6 heteroatoms. The Morgan fingerprint density at radius 3 is 2.36 bits per heavy atom. The molecule has 0 aromatic heterocycles. The highest BCUT2D eigenvalue weighted by Gasteiger charge is 2.32. The van der Waals surface area contributed by atoms with E-state index in [2.05, 4.69) is 53.4 Å². The lowest BCUT2D eigenvalue weighted by Crippen LogP contribution is -2.35. The van der Waals surface area contributed by atoms with Crippen LogP contribution in [-0.4, -0.2) is 48.7 Å². The minimum Gasteiger partial charge on any atom is -0.439 e. The Morgan fingerprint density at radius 1 is 0.848 bits per heavy atom. The van der Waals surface area contributed by atoms with Crippen LogP contribution in [0.4, 0.5) is 4.79 Å². The maximum absolute atomic E-state index is 12.4. The van der Waals surface area contributed by atoms with Crippen LogP contribution in [0.1, 0.15) is 22.8 Å². The van der Waals surface area contributed by atoms with Crippen molar-refractivity contribution in [3.8, 4) is 11.1 Å². The third-order valence-electron chi connectivity index (χ3n) is 6.23. The van der Waals surface area contributed by atoms with E-state index in [1.54, 1.807) is 4.90 Å². The SMILES string of the molecule is O=C1O[C@H](c2ccc(Cl)cc2)CN1Cc1ccc(-c2cccc(CN3CCOCC3)c2)cc1. The van der Waals surface area contributed by atoms with E-state index in [1.807, 2.05) is 24.3 Å². The predicted molar refractivity (Wildman–Crippen MR) is 129 cm³/mol. The number of halogens is 1. The maximum Gasteiger partial charge on any atom is 0.410 e. The van der Waals surface area contributed by atoms with Gasteiger partial charge in [0.1, 0.15) is 6.10 Å². The van der Waals surface area contributed by atoms with Crippen LogP contribution < -0.4 is 0 Å². The topological polar surface area (TPSA) is 42.0 Å². The highest BCUT2D eigenvalue weighted by atomic mass is 35.5. The van der Waals surface area contributed by atoms with Gasteiger partial charge in [0, 0.05) is 31.2 Å². The Hall–Kier alpha value is -2.86. The van der Waals surface area contributed by atoms with Gasteiger partial charge in [0.05, 0.1) is 19.8 Å². The first-order valence-electron chi connectivity index (χ1n) is 11.3. The average Bonchev–Trinajstić information content (AvgIpc) is 3.21. The van der Waals surface area contributed by atoms with Crippen molar-refractivity contribution >= 4 is 17.7 Å². The van der Waals surface area contributed by atoms with Crippen LogP contribution in [0.25, 0.3) is 11.1 Å². The van der Waals surface area contributed by atoms with E-state index in [0.717, 1.165) is 44.0 Å². The minimum atomic E-state index is -0.283. The van der Waals surface area contributed by atoms with Crippen molar-refractivity contribution in [2.24, 2.45) is 0 Å². The second kappa shape index (κ2) is 9.96. The van der Waals surface area contributed by atoms with Crippen molar-refractivity contribution in [2.75, 3.05) is 32.8 Å². The van der Waals surface area contributed by atoms with E-state index < -0.39 is 0 Å². The first kappa shape index (κ1) is 22.0. The van der Waals surface area contributed by atoms with Gasteiger partial charge < -0.3 is 9.47 Å². The number of benzene rings is 3. The number of hydrogen-bond acceptors (Lipinski definition) is 4. The third-order valence-corrected chi connectivity index (χ3v) is 6.48. The van der Waals surface area contributed by atoms with Gasteiger partial charge in [-0.15, -0.1) is 0 Å². The van der Waals surface area contributed by atoms with Gasteiger partial charge in [-0.1, -0.05) is 66.2 Å². The van der Waals surface area contributed by atoms with Crippen LogP contribution in [0, 0.1) is 0 Å². The Balaban J connectivity index is 1.22. The molecule has 2 fully saturated rings. The van der Waals surface area contributed by atoms with Crippen molar-refractivity contribution < 1.29 is 14.3 Å². The van der Waals surface area contributed by atoms with Crippen LogP contribution in [0.15, 0.2) is 72.8 Å². The van der Waals surface area contributed by atoms with Crippen molar-refractivity contribution in [3.63, 3.8) is 0 Å². The van der Waals surface area contributed by atoms with Crippen LogP contribution in [0.5, 0.6) is 0 Å². The fourth-order valence-electron chi connectivity index (χ4n) is 4.38. The highest BCUT2D eigenvalue weighted by molar-refractivity contribution is 6.30. The van der Waals surface area contributed by atoms with Crippen molar-refractivity contribution in [1.29, 1.82) is 0 Å². The van der Waals surface area contributed by atoms with Gasteiger partial charge in [-0.3, -0.25) is 9.80 Å². The summed E-state index contributed by atoms with van der Waals surface area (Å²) in [6, 6.07) is 24.6. The molecule has 5 rings (SSSR count). The summed E-state index contributed by atoms with van der Waals surface area (Å²) in [6.07, 6.45) is -0.543. The van der Waals surface area contributed by atoms with Crippen LogP contribution >= 0.6 is 11.6 Å². The standard InChI is InChI=1S/C27H27ClN2O3/c28-25-10-8-23(9-11-25)26-19-30(27(31)33-26)18-20-4-6-22(7-5-20)24-3-1-2-21(16-24)17-29-12-14-32-15-13-29/h1-11,16,26H,12-15,17-19H2/t26-/m0/s1. The van der Waals surface area contributed by atoms with E-state index in [9.17, 15) is 4.79 Å². The molecule has 0 bridgehead atoms. The number of carbonyl (C=O) groups is 1. The van der Waals surface area contributed by atoms with E-state index in [4.69, 9.17) is 21.1 Å². The molecule has 5 nitrogen and oxygen atoms in total. The monoisotopic (exact) mass is 462 g/mol. The Morgan fingerprint density at radius 2 is 1.61 bits per heavy atom. The molecule has 0 spiro atoms. The molecule has 3 aromatic rings. The largest absolute Gasteiger partial charge is 0.439 e. The van der Waals surface area contributed by atoms with Gasteiger partial charge >= 0.3 is 6.09 Å². The van der Waals surface area contributed by atoms with Gasteiger partial charge in [-0.2, -0.15) is 0 Å². The first-order chi connectivity index (χ1) is 16.1. The number of amides is 1. The molecule has 0 aliphatic carbocycles. The van der Waals surface area contributed by atoms with Gasteiger partial charge in [-0.05, 0) is 46.0 Å². The molecule has 2 saturated heterocycles. The average molecular weight is 463 g/mol. The zero-order valence-electron chi connectivity index (χ0n) is 18.5. The van der Waals surface area contributed by atoms with Crippen molar-refractivity contribution in [3.05, 3.63) is 94.5 Å². The second-order valence-electron chi connectivity index (χ2n) is 8.59. The smallest absolute Gasteiger partial charge is 0.410 e. The van der Waals surface area contributed by atoms with E-state index in [0.29, 0.717) is 18.1 Å². The minimum absolute atomic E-state index is 0.261. The van der Waals surface area contributed by atoms with E-state index in [1.165, 1.54) is 16.7 Å². The fraction of sp³-hybridized carbons (Fsp3) is 0.296. The molecule has 2 aliphatic heterocycles. The zero-order valence-corrected chi connectivity index (χ0v) is 19.2.